The Morgan fingerprint density at radius 1 is 1.44 bits per heavy atom. The van der Waals surface area contributed by atoms with E-state index < -0.39 is 0 Å². The van der Waals surface area contributed by atoms with Crippen molar-refractivity contribution in [3.8, 4) is 0 Å². The first-order chi connectivity index (χ1) is 8.25. The van der Waals surface area contributed by atoms with E-state index in [-0.39, 0.29) is 17.4 Å². The lowest BCUT2D eigenvalue weighted by atomic mass is 9.85. The van der Waals surface area contributed by atoms with Crippen LogP contribution in [0.5, 0.6) is 0 Å². The van der Waals surface area contributed by atoms with E-state index in [2.05, 4.69) is 26.1 Å². The number of aryl methyl sites for hydroxylation is 2. The fourth-order valence-corrected chi connectivity index (χ4v) is 2.14. The first kappa shape index (κ1) is 15.1. The smallest absolute Gasteiger partial charge is 0.255 e. The second-order valence-electron chi connectivity index (χ2n) is 5.70. The Bertz CT molecular complexity index is 418. The molecule has 1 aromatic heterocycles. The molecule has 1 aromatic rings. The van der Waals surface area contributed by atoms with Crippen molar-refractivity contribution in [2.24, 2.45) is 5.41 Å². The maximum absolute atomic E-state index is 12.2. The van der Waals surface area contributed by atoms with Gasteiger partial charge in [0.25, 0.3) is 5.91 Å². The molecule has 18 heavy (non-hydrogen) atoms. The number of halogens is 1. The van der Waals surface area contributed by atoms with Gasteiger partial charge in [0.15, 0.2) is 0 Å². The van der Waals surface area contributed by atoms with Crippen LogP contribution < -0.4 is 5.32 Å². The Hall–Kier alpha value is -0.960. The lowest BCUT2D eigenvalue weighted by Crippen LogP contribution is -2.44. The van der Waals surface area contributed by atoms with Crippen LogP contribution in [0.3, 0.4) is 0 Å². The average Bonchev–Trinajstić information content (AvgIpc) is 2.55. The van der Waals surface area contributed by atoms with Crippen molar-refractivity contribution in [3.05, 3.63) is 23.2 Å². The van der Waals surface area contributed by atoms with Crippen molar-refractivity contribution in [3.63, 3.8) is 0 Å². The maximum atomic E-state index is 12.2. The molecule has 0 aliphatic heterocycles. The summed E-state index contributed by atoms with van der Waals surface area (Å²) in [6.07, 6.45) is 0.757. The molecule has 102 valence electrons. The van der Waals surface area contributed by atoms with Gasteiger partial charge in [-0.3, -0.25) is 4.79 Å². The number of amides is 1. The summed E-state index contributed by atoms with van der Waals surface area (Å²) in [5, 5.41) is 3.04. The summed E-state index contributed by atoms with van der Waals surface area (Å²) in [6.45, 7) is 9.92. The third-order valence-corrected chi connectivity index (χ3v) is 3.25. The SMILES string of the molecule is Cc1cc(C(=O)NC(CCCl)C(C)(C)C)c(C)o1. The van der Waals surface area contributed by atoms with Gasteiger partial charge in [0.1, 0.15) is 11.5 Å². The third kappa shape index (κ3) is 3.77. The molecule has 0 saturated carbocycles. The van der Waals surface area contributed by atoms with Crippen LogP contribution in [-0.2, 0) is 0 Å². The zero-order valence-electron chi connectivity index (χ0n) is 11.8. The van der Waals surface area contributed by atoms with Gasteiger partial charge < -0.3 is 9.73 Å². The van der Waals surface area contributed by atoms with E-state index >= 15 is 0 Å². The van der Waals surface area contributed by atoms with Crippen LogP contribution in [0.25, 0.3) is 0 Å². The topological polar surface area (TPSA) is 42.2 Å². The van der Waals surface area contributed by atoms with Gasteiger partial charge in [0.2, 0.25) is 0 Å². The van der Waals surface area contributed by atoms with E-state index in [0.29, 0.717) is 17.2 Å². The molecule has 1 atom stereocenters. The number of rotatable bonds is 4. The van der Waals surface area contributed by atoms with Gasteiger partial charge in [0.05, 0.1) is 5.56 Å². The van der Waals surface area contributed by atoms with Crippen molar-refractivity contribution in [2.75, 3.05) is 5.88 Å². The first-order valence-corrected chi connectivity index (χ1v) is 6.73. The van der Waals surface area contributed by atoms with Crippen molar-refractivity contribution >= 4 is 17.5 Å². The summed E-state index contributed by atoms with van der Waals surface area (Å²) < 4.78 is 5.38. The second-order valence-corrected chi connectivity index (χ2v) is 6.07. The molecule has 1 amide bonds. The minimum atomic E-state index is -0.0885. The summed E-state index contributed by atoms with van der Waals surface area (Å²) in [4.78, 5) is 12.2. The third-order valence-electron chi connectivity index (χ3n) is 3.03. The molecule has 1 heterocycles. The molecule has 0 radical (unpaired) electrons. The average molecular weight is 272 g/mol. The number of carbonyl (C=O) groups is 1. The maximum Gasteiger partial charge on any atom is 0.255 e. The van der Waals surface area contributed by atoms with Gasteiger partial charge in [-0.25, -0.2) is 0 Å². The largest absolute Gasteiger partial charge is 0.466 e. The highest BCUT2D eigenvalue weighted by molar-refractivity contribution is 6.17. The molecular formula is C14H22ClNO2. The van der Waals surface area contributed by atoms with Crippen LogP contribution >= 0.6 is 11.6 Å². The highest BCUT2D eigenvalue weighted by atomic mass is 35.5. The molecular weight excluding hydrogens is 250 g/mol. The van der Waals surface area contributed by atoms with Crippen LogP contribution in [0, 0.1) is 19.3 Å². The van der Waals surface area contributed by atoms with Crippen LogP contribution in [-0.4, -0.2) is 17.8 Å². The monoisotopic (exact) mass is 271 g/mol. The fraction of sp³-hybridized carbons (Fsp3) is 0.643. The number of hydrogen-bond acceptors (Lipinski definition) is 2. The zero-order chi connectivity index (χ0) is 13.9. The van der Waals surface area contributed by atoms with E-state index in [9.17, 15) is 4.79 Å². The van der Waals surface area contributed by atoms with Crippen LogP contribution in [0.4, 0.5) is 0 Å². The molecule has 3 nitrogen and oxygen atoms in total. The highest BCUT2D eigenvalue weighted by Gasteiger charge is 2.27. The van der Waals surface area contributed by atoms with Crippen LogP contribution in [0.1, 0.15) is 49.1 Å². The number of hydrogen-bond donors (Lipinski definition) is 1. The Morgan fingerprint density at radius 2 is 2.06 bits per heavy atom. The minimum Gasteiger partial charge on any atom is -0.466 e. The van der Waals surface area contributed by atoms with E-state index in [1.165, 1.54) is 0 Å². The minimum absolute atomic E-state index is 0.0166. The highest BCUT2D eigenvalue weighted by Crippen LogP contribution is 2.23. The number of carbonyl (C=O) groups excluding carboxylic acids is 1. The van der Waals surface area contributed by atoms with Gasteiger partial charge in [-0.2, -0.15) is 0 Å². The number of furan rings is 1. The molecule has 0 bridgehead atoms. The molecule has 0 fully saturated rings. The summed E-state index contributed by atoms with van der Waals surface area (Å²) in [6, 6.07) is 1.82. The Balaban J connectivity index is 2.82. The summed E-state index contributed by atoms with van der Waals surface area (Å²) in [7, 11) is 0. The quantitative estimate of drug-likeness (QED) is 0.849. The molecule has 4 heteroatoms. The van der Waals surface area contributed by atoms with Crippen molar-refractivity contribution in [2.45, 2.75) is 47.1 Å². The van der Waals surface area contributed by atoms with Crippen molar-refractivity contribution in [1.82, 2.24) is 5.32 Å². The fourth-order valence-electron chi connectivity index (χ4n) is 1.92. The van der Waals surface area contributed by atoms with E-state index in [1.54, 1.807) is 13.0 Å². The standard InChI is InChI=1S/C14H22ClNO2/c1-9-8-11(10(2)18-9)13(17)16-12(6-7-15)14(3,4)5/h8,12H,6-7H2,1-5H3,(H,16,17). The summed E-state index contributed by atoms with van der Waals surface area (Å²) in [5.41, 5.74) is 0.591. The number of nitrogens with one attached hydrogen (secondary N) is 1. The van der Waals surface area contributed by atoms with Crippen molar-refractivity contribution < 1.29 is 9.21 Å². The van der Waals surface area contributed by atoms with Gasteiger partial charge >= 0.3 is 0 Å². The molecule has 0 spiro atoms. The molecule has 1 N–H and O–H groups in total. The predicted octanol–water partition coefficient (Wildman–Crippen LogP) is 3.67. The lowest BCUT2D eigenvalue weighted by Gasteiger charge is -2.31. The Labute approximate surface area is 114 Å². The van der Waals surface area contributed by atoms with E-state index in [0.717, 1.165) is 12.2 Å². The summed E-state index contributed by atoms with van der Waals surface area (Å²) in [5.74, 6) is 1.85. The molecule has 0 aromatic carbocycles. The zero-order valence-corrected chi connectivity index (χ0v) is 12.5. The first-order valence-electron chi connectivity index (χ1n) is 6.19. The van der Waals surface area contributed by atoms with Gasteiger partial charge in [-0.15, -0.1) is 11.6 Å². The van der Waals surface area contributed by atoms with Gasteiger partial charge in [-0.1, -0.05) is 20.8 Å². The predicted molar refractivity (Wildman–Crippen MR) is 74.2 cm³/mol. The Morgan fingerprint density at radius 3 is 2.44 bits per heavy atom. The summed E-state index contributed by atoms with van der Waals surface area (Å²) >= 11 is 5.80. The molecule has 0 aliphatic rings. The van der Waals surface area contributed by atoms with Crippen LogP contribution in [0.2, 0.25) is 0 Å². The van der Waals surface area contributed by atoms with Gasteiger partial charge in [0, 0.05) is 11.9 Å². The normalized spacial score (nSPS) is 13.4. The van der Waals surface area contributed by atoms with E-state index in [1.807, 2.05) is 6.92 Å². The van der Waals surface area contributed by atoms with Crippen LogP contribution in [0.15, 0.2) is 10.5 Å². The Kier molecular flexibility index (Phi) is 4.85. The van der Waals surface area contributed by atoms with E-state index in [4.69, 9.17) is 16.0 Å². The van der Waals surface area contributed by atoms with Crippen molar-refractivity contribution in [1.29, 1.82) is 0 Å². The molecule has 1 unspecified atom stereocenters. The molecule has 0 aliphatic carbocycles. The second kappa shape index (κ2) is 5.79. The van der Waals surface area contributed by atoms with Gasteiger partial charge in [-0.05, 0) is 31.7 Å². The molecule has 0 saturated heterocycles. The number of alkyl halides is 1. The molecule has 1 rings (SSSR count). The lowest BCUT2D eigenvalue weighted by molar-refractivity contribution is 0.0899.